The van der Waals surface area contributed by atoms with Gasteiger partial charge in [-0.05, 0) is 0 Å². The number of hydrogen-bond acceptors (Lipinski definition) is 1. The second-order valence-electron chi connectivity index (χ2n) is 0. The van der Waals surface area contributed by atoms with Gasteiger partial charge in [0.05, 0.1) is 0 Å². The fourth-order valence-corrected chi connectivity index (χ4v) is 0. The largest absolute Gasteiger partial charge is 0.344 e. The van der Waals surface area contributed by atoms with Crippen LogP contribution in [0.25, 0.3) is 0 Å². The summed E-state index contributed by atoms with van der Waals surface area (Å²) in [5.74, 6) is 0. The van der Waals surface area contributed by atoms with Crippen molar-refractivity contribution in [2.45, 2.75) is 0 Å². The summed E-state index contributed by atoms with van der Waals surface area (Å²) < 4.78 is 0. The Kier molecular flexibility index (Phi) is 296. The Hall–Kier alpha value is 1.52. The van der Waals surface area contributed by atoms with Gasteiger partial charge in [-0.2, -0.15) is 0 Å². The average molecular weight is 184 g/mol. The van der Waals surface area contributed by atoms with Crippen LogP contribution in [0.1, 0.15) is 0 Å². The van der Waals surface area contributed by atoms with Crippen molar-refractivity contribution in [3.63, 3.8) is 0 Å². The van der Waals surface area contributed by atoms with Crippen molar-refractivity contribution in [2.24, 2.45) is 0 Å². The fourth-order valence-electron chi connectivity index (χ4n) is 0. The Labute approximate surface area is 57.3 Å². The van der Waals surface area contributed by atoms with Crippen LogP contribution in [0.4, 0.5) is 0 Å². The van der Waals surface area contributed by atoms with Crippen LogP contribution < -0.4 is 6.15 Å². The van der Waals surface area contributed by atoms with Crippen LogP contribution in [-0.2, 0) is 51.2 Å². The van der Waals surface area contributed by atoms with Crippen LogP contribution in [0, 0.1) is 0 Å². The smallest absolute Gasteiger partial charge is 0 e. The van der Waals surface area contributed by atoms with E-state index in [1.165, 1.54) is 0 Å². The molecular weight excluding hydrogens is 181 g/mol. The van der Waals surface area contributed by atoms with Gasteiger partial charge in [0.2, 0.25) is 0 Å². The van der Waals surface area contributed by atoms with Gasteiger partial charge in [-0.1, -0.05) is 0 Å². The topological polar surface area (TPSA) is 35.0 Å². The molecule has 1 nitrogen and oxygen atoms in total. The third-order valence-electron chi connectivity index (χ3n) is 0. The second kappa shape index (κ2) is 24.3. The Balaban J connectivity index is 0. The molecular formula is H3CoCrFeN. The second-order valence-corrected chi connectivity index (χ2v) is 0. The minimum absolute atomic E-state index is 0. The molecule has 0 aromatic carbocycles. The van der Waals surface area contributed by atoms with Crippen molar-refractivity contribution in [1.29, 1.82) is 0 Å². The summed E-state index contributed by atoms with van der Waals surface area (Å²) in [6, 6.07) is 0. The minimum Gasteiger partial charge on any atom is -0.344 e. The van der Waals surface area contributed by atoms with E-state index in [9.17, 15) is 0 Å². The van der Waals surface area contributed by atoms with E-state index in [0.717, 1.165) is 0 Å². The summed E-state index contributed by atoms with van der Waals surface area (Å²) in [5.41, 5.74) is 0. The molecule has 0 saturated carbocycles. The fraction of sp³-hybridized carbons (Fsp3) is 0. The van der Waals surface area contributed by atoms with Crippen molar-refractivity contribution < 1.29 is 51.2 Å². The molecule has 0 saturated heterocycles. The van der Waals surface area contributed by atoms with Gasteiger partial charge in [0.1, 0.15) is 0 Å². The van der Waals surface area contributed by atoms with Gasteiger partial charge in [-0.25, -0.2) is 0 Å². The van der Waals surface area contributed by atoms with Gasteiger partial charge in [0.25, 0.3) is 0 Å². The van der Waals surface area contributed by atoms with Gasteiger partial charge >= 0.3 is 0 Å². The first-order valence-electron chi connectivity index (χ1n) is 0. The Morgan fingerprint density at radius 3 is 1.00 bits per heavy atom. The molecule has 0 fully saturated rings. The zero-order chi connectivity index (χ0) is 0. The normalized spacial score (nSPS) is 0. The van der Waals surface area contributed by atoms with Gasteiger partial charge in [-0.15, -0.1) is 0 Å². The zero-order valence-corrected chi connectivity index (χ0v) is 5.22. The van der Waals surface area contributed by atoms with Gasteiger partial charge in [0, 0.05) is 51.2 Å². The predicted octanol–water partition coefficient (Wildman–Crippen LogP) is 0.154. The van der Waals surface area contributed by atoms with Crippen molar-refractivity contribution in [1.82, 2.24) is 6.15 Å². The van der Waals surface area contributed by atoms with E-state index >= 15 is 0 Å². The summed E-state index contributed by atoms with van der Waals surface area (Å²) >= 11 is 0. The molecule has 0 unspecified atom stereocenters. The van der Waals surface area contributed by atoms with Crippen LogP contribution in [-0.4, -0.2) is 0 Å². The number of hydrogen-bond donors (Lipinski definition) is 1. The average Bonchev–Trinajstić information content (AvgIpc) is 0. The Morgan fingerprint density at radius 1 is 1.00 bits per heavy atom. The molecule has 0 aromatic heterocycles. The van der Waals surface area contributed by atoms with E-state index in [4.69, 9.17) is 0 Å². The van der Waals surface area contributed by atoms with Gasteiger partial charge in [-0.3, -0.25) is 0 Å². The van der Waals surface area contributed by atoms with E-state index < -0.39 is 0 Å². The third-order valence-corrected chi connectivity index (χ3v) is 0. The zero-order valence-electron chi connectivity index (χ0n) is 1.80. The third kappa shape index (κ3) is 9.68. The molecule has 0 atom stereocenters. The van der Waals surface area contributed by atoms with Crippen molar-refractivity contribution >= 4 is 0 Å². The first-order valence-corrected chi connectivity index (χ1v) is 0. The minimum atomic E-state index is 0. The van der Waals surface area contributed by atoms with Gasteiger partial charge in [0.15, 0.2) is 0 Å². The van der Waals surface area contributed by atoms with Crippen molar-refractivity contribution in [3.8, 4) is 0 Å². The van der Waals surface area contributed by atoms with E-state index in [0.29, 0.717) is 0 Å². The summed E-state index contributed by atoms with van der Waals surface area (Å²) in [5, 5.41) is 0. The van der Waals surface area contributed by atoms with Gasteiger partial charge < -0.3 is 6.15 Å². The van der Waals surface area contributed by atoms with Crippen LogP contribution in [0.15, 0.2) is 0 Å². The van der Waals surface area contributed by atoms with E-state index in [2.05, 4.69) is 0 Å². The molecule has 0 amide bonds. The molecule has 4 heavy (non-hydrogen) atoms. The summed E-state index contributed by atoms with van der Waals surface area (Å²) in [7, 11) is 0. The van der Waals surface area contributed by atoms with E-state index in [-0.39, 0.29) is 57.4 Å². The van der Waals surface area contributed by atoms with E-state index in [1.807, 2.05) is 0 Å². The maximum absolute atomic E-state index is 0. The van der Waals surface area contributed by atoms with E-state index in [1.54, 1.807) is 0 Å². The summed E-state index contributed by atoms with van der Waals surface area (Å²) in [6.07, 6.45) is 0. The molecule has 1 radical (unpaired) electrons. The first kappa shape index (κ1) is 48.9. The van der Waals surface area contributed by atoms with Crippen LogP contribution in [0.2, 0.25) is 0 Å². The van der Waals surface area contributed by atoms with Crippen LogP contribution in [0.3, 0.4) is 0 Å². The summed E-state index contributed by atoms with van der Waals surface area (Å²) in [4.78, 5) is 0. The molecule has 0 aliphatic rings. The molecule has 0 rings (SSSR count). The molecule has 0 aromatic rings. The Bertz CT molecular complexity index is 8.00. The summed E-state index contributed by atoms with van der Waals surface area (Å²) in [6.45, 7) is 0. The molecule has 0 heterocycles. The quantitative estimate of drug-likeness (QED) is 0.534. The molecule has 0 aliphatic carbocycles. The SMILES string of the molecule is N.[Co].[Cr].[Fe]. The first-order chi connectivity index (χ1) is 0. The molecule has 4 heteroatoms. The van der Waals surface area contributed by atoms with Crippen LogP contribution in [0.5, 0.6) is 0 Å². The van der Waals surface area contributed by atoms with Crippen molar-refractivity contribution in [2.75, 3.05) is 0 Å². The predicted molar refractivity (Wildman–Crippen MR) is 5.02 cm³/mol. The standard InChI is InChI=1S/Co.Cr.Fe.H3N/h;;;1H3. The van der Waals surface area contributed by atoms with Crippen LogP contribution >= 0.6 is 0 Å². The molecule has 0 bridgehead atoms. The monoisotopic (exact) mass is 184 g/mol. The molecule has 0 spiro atoms. The van der Waals surface area contributed by atoms with Crippen molar-refractivity contribution in [3.05, 3.63) is 0 Å². The Morgan fingerprint density at radius 2 is 1.00 bits per heavy atom. The molecule has 31 valence electrons. The molecule has 0 aliphatic heterocycles. The maximum atomic E-state index is 0. The molecule has 3 N–H and O–H groups in total. The number of rotatable bonds is 0. The maximum Gasteiger partial charge on any atom is 0 e.